The van der Waals surface area contributed by atoms with Crippen LogP contribution in [0.25, 0.3) is 0 Å². The van der Waals surface area contributed by atoms with Crippen LogP contribution in [0.3, 0.4) is 0 Å². The number of aromatic amines is 1. The Bertz CT molecular complexity index is 709. The lowest BCUT2D eigenvalue weighted by molar-refractivity contribution is -0.119. The highest BCUT2D eigenvalue weighted by molar-refractivity contribution is 7.99. The fourth-order valence-corrected chi connectivity index (χ4v) is 4.11. The van der Waals surface area contributed by atoms with E-state index in [0.29, 0.717) is 10.9 Å². The highest BCUT2D eigenvalue weighted by Gasteiger charge is 2.18. The molecule has 0 bridgehead atoms. The minimum atomic E-state index is -0.000583. The van der Waals surface area contributed by atoms with Crippen LogP contribution >= 0.6 is 11.8 Å². The fraction of sp³-hybridized carbons (Fsp3) is 0.526. The van der Waals surface area contributed by atoms with Crippen LogP contribution in [0.1, 0.15) is 55.6 Å². The van der Waals surface area contributed by atoms with Crippen LogP contribution in [0.4, 0.5) is 0 Å². The van der Waals surface area contributed by atoms with E-state index >= 15 is 0 Å². The second kappa shape index (κ2) is 8.52. The van der Waals surface area contributed by atoms with Crippen molar-refractivity contribution in [2.75, 3.05) is 5.75 Å². The van der Waals surface area contributed by atoms with Crippen molar-refractivity contribution in [3.8, 4) is 0 Å². The van der Waals surface area contributed by atoms with Gasteiger partial charge in [-0.15, -0.1) is 5.10 Å². The Balaban J connectivity index is 1.46. The zero-order valence-electron chi connectivity index (χ0n) is 14.9. The molecule has 1 aliphatic carbocycles. The molecule has 0 spiro atoms. The molecule has 1 saturated carbocycles. The molecule has 5 nitrogen and oxygen atoms in total. The number of nitrogens with zero attached hydrogens (tertiary/aromatic N) is 2. The van der Waals surface area contributed by atoms with Gasteiger partial charge in [0.1, 0.15) is 5.82 Å². The van der Waals surface area contributed by atoms with E-state index in [1.54, 1.807) is 0 Å². The number of nitrogens with one attached hydrogen (secondary N) is 2. The second-order valence-electron chi connectivity index (χ2n) is 6.85. The predicted molar refractivity (Wildman–Crippen MR) is 101 cm³/mol. The van der Waals surface area contributed by atoms with Crippen LogP contribution in [0, 0.1) is 12.8 Å². The summed E-state index contributed by atoms with van der Waals surface area (Å²) in [5.74, 6) is 2.02. The van der Waals surface area contributed by atoms with E-state index in [1.807, 2.05) is 19.1 Å². The average Bonchev–Trinajstić information content (AvgIpc) is 3.26. The van der Waals surface area contributed by atoms with Crippen LogP contribution in [0.5, 0.6) is 0 Å². The first-order chi connectivity index (χ1) is 12.1. The standard InChI is InChI=1S/C19H26N4OS/c1-13-7-3-6-10-16(13)14(2)20-18(24)12-25-19-21-17(22-23-19)11-15-8-4-5-9-15/h3,6-7,10,14-15H,4-5,8-9,11-12H2,1-2H3,(H,20,24)(H,21,22,23)/t14-/m1/s1. The molecule has 25 heavy (non-hydrogen) atoms. The van der Waals surface area contributed by atoms with Gasteiger partial charge in [0, 0.05) is 6.42 Å². The summed E-state index contributed by atoms with van der Waals surface area (Å²) in [6, 6.07) is 8.12. The van der Waals surface area contributed by atoms with Gasteiger partial charge < -0.3 is 5.32 Å². The summed E-state index contributed by atoms with van der Waals surface area (Å²) < 4.78 is 0. The molecule has 1 aromatic heterocycles. The number of thioether (sulfide) groups is 1. The van der Waals surface area contributed by atoms with Crippen LogP contribution in [-0.4, -0.2) is 26.8 Å². The zero-order valence-corrected chi connectivity index (χ0v) is 15.7. The van der Waals surface area contributed by atoms with Gasteiger partial charge in [-0.05, 0) is 30.9 Å². The number of hydrogen-bond acceptors (Lipinski definition) is 4. The second-order valence-corrected chi connectivity index (χ2v) is 7.80. The molecule has 1 aliphatic rings. The largest absolute Gasteiger partial charge is 0.349 e. The summed E-state index contributed by atoms with van der Waals surface area (Å²) in [6.45, 7) is 4.07. The van der Waals surface area contributed by atoms with Crippen molar-refractivity contribution in [3.05, 3.63) is 41.2 Å². The number of carbonyl (C=O) groups is 1. The molecular weight excluding hydrogens is 332 g/mol. The molecule has 2 aromatic rings. The van der Waals surface area contributed by atoms with Gasteiger partial charge >= 0.3 is 0 Å². The average molecular weight is 359 g/mol. The lowest BCUT2D eigenvalue weighted by atomic mass is 10.0. The van der Waals surface area contributed by atoms with Crippen molar-refractivity contribution in [2.24, 2.45) is 5.92 Å². The molecule has 1 atom stereocenters. The van der Waals surface area contributed by atoms with Gasteiger partial charge in [-0.2, -0.15) is 0 Å². The molecule has 3 rings (SSSR count). The fourth-order valence-electron chi connectivity index (χ4n) is 3.49. The third-order valence-corrected chi connectivity index (χ3v) is 5.68. The summed E-state index contributed by atoms with van der Waals surface area (Å²) in [5.41, 5.74) is 2.34. The van der Waals surface area contributed by atoms with E-state index in [1.165, 1.54) is 43.0 Å². The van der Waals surface area contributed by atoms with Gasteiger partial charge in [-0.25, -0.2) is 4.98 Å². The third-order valence-electron chi connectivity index (χ3n) is 4.83. The predicted octanol–water partition coefficient (Wildman–Crippen LogP) is 3.82. The van der Waals surface area contributed by atoms with Gasteiger partial charge in [0.2, 0.25) is 11.1 Å². The molecule has 1 fully saturated rings. The first-order valence-electron chi connectivity index (χ1n) is 9.01. The Morgan fingerprint density at radius 3 is 2.88 bits per heavy atom. The minimum absolute atomic E-state index is 0.000583. The number of amides is 1. The van der Waals surface area contributed by atoms with Crippen molar-refractivity contribution >= 4 is 17.7 Å². The van der Waals surface area contributed by atoms with Crippen LogP contribution in [0.15, 0.2) is 29.4 Å². The summed E-state index contributed by atoms with van der Waals surface area (Å²) in [4.78, 5) is 16.7. The molecule has 1 aromatic carbocycles. The lowest BCUT2D eigenvalue weighted by Crippen LogP contribution is -2.28. The number of hydrogen-bond donors (Lipinski definition) is 2. The van der Waals surface area contributed by atoms with Gasteiger partial charge in [0.15, 0.2) is 0 Å². The van der Waals surface area contributed by atoms with Gasteiger partial charge in [0.05, 0.1) is 11.8 Å². The monoisotopic (exact) mass is 358 g/mol. The van der Waals surface area contributed by atoms with Gasteiger partial charge in [-0.1, -0.05) is 61.7 Å². The highest BCUT2D eigenvalue weighted by Crippen LogP contribution is 2.27. The van der Waals surface area contributed by atoms with Gasteiger partial charge in [-0.3, -0.25) is 9.89 Å². The maximum Gasteiger partial charge on any atom is 0.230 e. The number of aromatic nitrogens is 3. The number of aryl methyl sites for hydroxylation is 1. The summed E-state index contributed by atoms with van der Waals surface area (Å²) >= 11 is 1.38. The maximum absolute atomic E-state index is 12.2. The molecular formula is C19H26N4OS. The molecule has 2 N–H and O–H groups in total. The van der Waals surface area contributed by atoms with Crippen molar-refractivity contribution in [1.29, 1.82) is 0 Å². The first-order valence-corrected chi connectivity index (χ1v) is 9.99. The first kappa shape index (κ1) is 18.0. The molecule has 0 aliphatic heterocycles. The van der Waals surface area contributed by atoms with Crippen molar-refractivity contribution in [3.63, 3.8) is 0 Å². The Labute approximate surface area is 153 Å². The maximum atomic E-state index is 12.2. The third kappa shape index (κ3) is 5.08. The SMILES string of the molecule is Cc1ccccc1[C@@H](C)NC(=O)CSc1n[nH]c(CC2CCCC2)n1. The number of H-pyrrole nitrogens is 1. The van der Waals surface area contributed by atoms with E-state index < -0.39 is 0 Å². The van der Waals surface area contributed by atoms with Gasteiger partial charge in [0.25, 0.3) is 0 Å². The van der Waals surface area contributed by atoms with Crippen LogP contribution < -0.4 is 5.32 Å². The zero-order chi connectivity index (χ0) is 17.6. The molecule has 0 saturated heterocycles. The van der Waals surface area contributed by atoms with Crippen molar-refractivity contribution in [1.82, 2.24) is 20.5 Å². The molecule has 0 unspecified atom stereocenters. The summed E-state index contributed by atoms with van der Waals surface area (Å²) in [5, 5.41) is 11.0. The van der Waals surface area contributed by atoms with Crippen molar-refractivity contribution < 1.29 is 4.79 Å². The lowest BCUT2D eigenvalue weighted by Gasteiger charge is -2.16. The van der Waals surface area contributed by atoms with Crippen LogP contribution in [0.2, 0.25) is 0 Å². The normalized spacial score (nSPS) is 16.1. The van der Waals surface area contributed by atoms with E-state index in [2.05, 4.69) is 39.6 Å². The van der Waals surface area contributed by atoms with E-state index in [9.17, 15) is 4.79 Å². The minimum Gasteiger partial charge on any atom is -0.349 e. The molecule has 6 heteroatoms. The summed E-state index contributed by atoms with van der Waals surface area (Å²) in [6.07, 6.45) is 6.23. The quantitative estimate of drug-likeness (QED) is 0.738. The topological polar surface area (TPSA) is 70.7 Å². The number of rotatable bonds is 7. The Morgan fingerprint density at radius 1 is 1.36 bits per heavy atom. The molecule has 0 radical (unpaired) electrons. The molecule has 1 heterocycles. The molecule has 134 valence electrons. The van der Waals surface area contributed by atoms with E-state index in [0.717, 1.165) is 23.7 Å². The van der Waals surface area contributed by atoms with Crippen LogP contribution in [-0.2, 0) is 11.2 Å². The Hall–Kier alpha value is -1.82. The Morgan fingerprint density at radius 2 is 2.12 bits per heavy atom. The molecule has 1 amide bonds. The highest BCUT2D eigenvalue weighted by atomic mass is 32.2. The number of carbonyl (C=O) groups excluding carboxylic acids is 1. The number of benzene rings is 1. The summed E-state index contributed by atoms with van der Waals surface area (Å²) in [7, 11) is 0. The van der Waals surface area contributed by atoms with E-state index in [4.69, 9.17) is 0 Å². The Kier molecular flexibility index (Phi) is 6.13. The van der Waals surface area contributed by atoms with E-state index in [-0.39, 0.29) is 11.9 Å². The van der Waals surface area contributed by atoms with Crippen molar-refractivity contribution in [2.45, 2.75) is 57.1 Å². The smallest absolute Gasteiger partial charge is 0.230 e.